The van der Waals surface area contributed by atoms with E-state index in [4.69, 9.17) is 16.3 Å². The van der Waals surface area contributed by atoms with Crippen LogP contribution in [0.2, 0.25) is 5.02 Å². The van der Waals surface area contributed by atoms with Crippen LogP contribution in [0.4, 0.5) is 0 Å². The molecule has 1 heterocycles. The first-order valence-corrected chi connectivity index (χ1v) is 6.58. The van der Waals surface area contributed by atoms with Crippen molar-refractivity contribution < 1.29 is 4.74 Å². The van der Waals surface area contributed by atoms with E-state index in [2.05, 4.69) is 0 Å². The molecule has 0 amide bonds. The Bertz CT molecular complexity index is 808. The van der Waals surface area contributed by atoms with Crippen molar-refractivity contribution in [1.29, 1.82) is 0 Å². The van der Waals surface area contributed by atoms with Gasteiger partial charge in [0.2, 0.25) is 0 Å². The molecule has 1 aromatic heterocycles. The zero-order valence-corrected chi connectivity index (χ0v) is 11.1. The maximum absolute atomic E-state index is 12.3. The molecule has 0 spiro atoms. The van der Waals surface area contributed by atoms with Crippen molar-refractivity contribution in [3.05, 3.63) is 51.6 Å². The molecule has 18 heavy (non-hydrogen) atoms. The Kier molecular flexibility index (Phi) is 2.73. The molecule has 2 aromatic carbocycles. The second-order valence-corrected chi connectivity index (χ2v) is 5.45. The van der Waals surface area contributed by atoms with Gasteiger partial charge in [0.15, 0.2) is 5.43 Å². The summed E-state index contributed by atoms with van der Waals surface area (Å²) in [5.41, 5.74) is 0.0175. The highest BCUT2D eigenvalue weighted by molar-refractivity contribution is 7.24. The second kappa shape index (κ2) is 4.26. The molecule has 0 N–H and O–H groups in total. The quantitative estimate of drug-likeness (QED) is 0.626. The fourth-order valence-corrected chi connectivity index (χ4v) is 3.19. The van der Waals surface area contributed by atoms with Gasteiger partial charge < -0.3 is 4.74 Å². The Hall–Kier alpha value is -1.58. The molecule has 3 rings (SSSR count). The molecule has 0 saturated carbocycles. The van der Waals surface area contributed by atoms with Gasteiger partial charge in [-0.25, -0.2) is 0 Å². The van der Waals surface area contributed by atoms with Crippen molar-refractivity contribution >= 4 is 43.1 Å². The standard InChI is InChI=1S/C14H9ClO2S/c1-17-9-3-4-10-13(7-9)18-12-5-2-8(15)6-11(12)14(10)16/h2-7H,1H3. The third kappa shape index (κ3) is 1.76. The number of methoxy groups -OCH3 is 1. The van der Waals surface area contributed by atoms with Gasteiger partial charge in [0.1, 0.15) is 5.75 Å². The molecular weight excluding hydrogens is 268 g/mol. The Morgan fingerprint density at radius 1 is 1.06 bits per heavy atom. The highest BCUT2D eigenvalue weighted by Crippen LogP contribution is 2.28. The van der Waals surface area contributed by atoms with Gasteiger partial charge in [0, 0.05) is 25.2 Å². The van der Waals surface area contributed by atoms with E-state index in [-0.39, 0.29) is 5.43 Å². The van der Waals surface area contributed by atoms with E-state index in [0.717, 1.165) is 15.1 Å². The molecular formula is C14H9ClO2S. The number of benzene rings is 2. The summed E-state index contributed by atoms with van der Waals surface area (Å²) in [6.07, 6.45) is 0. The van der Waals surface area contributed by atoms with E-state index < -0.39 is 0 Å². The third-order valence-corrected chi connectivity index (χ3v) is 4.21. The summed E-state index contributed by atoms with van der Waals surface area (Å²) in [7, 11) is 1.62. The fourth-order valence-electron chi connectivity index (χ4n) is 1.93. The van der Waals surface area contributed by atoms with Crippen LogP contribution in [0.5, 0.6) is 5.75 Å². The van der Waals surface area contributed by atoms with Crippen LogP contribution in [-0.2, 0) is 0 Å². The Balaban J connectivity index is 2.48. The van der Waals surface area contributed by atoms with Gasteiger partial charge >= 0.3 is 0 Å². The first-order valence-electron chi connectivity index (χ1n) is 5.39. The van der Waals surface area contributed by atoms with E-state index >= 15 is 0 Å². The van der Waals surface area contributed by atoms with Gasteiger partial charge in [0.05, 0.1) is 7.11 Å². The lowest BCUT2D eigenvalue weighted by Crippen LogP contribution is -2.00. The van der Waals surface area contributed by atoms with Crippen LogP contribution in [0.25, 0.3) is 20.2 Å². The van der Waals surface area contributed by atoms with E-state index in [0.29, 0.717) is 15.8 Å². The number of ether oxygens (including phenoxy) is 1. The van der Waals surface area contributed by atoms with Crippen LogP contribution in [0.1, 0.15) is 0 Å². The maximum atomic E-state index is 12.3. The summed E-state index contributed by atoms with van der Waals surface area (Å²) in [6, 6.07) is 10.9. The normalized spacial score (nSPS) is 11.0. The lowest BCUT2D eigenvalue weighted by molar-refractivity contribution is 0.415. The number of rotatable bonds is 1. The molecule has 0 saturated heterocycles. The van der Waals surface area contributed by atoms with E-state index in [9.17, 15) is 4.79 Å². The zero-order valence-electron chi connectivity index (χ0n) is 9.57. The predicted molar refractivity (Wildman–Crippen MR) is 77.2 cm³/mol. The molecule has 90 valence electrons. The van der Waals surface area contributed by atoms with E-state index in [1.807, 2.05) is 12.1 Å². The summed E-state index contributed by atoms with van der Waals surface area (Å²) >= 11 is 7.50. The summed E-state index contributed by atoms with van der Waals surface area (Å²) < 4.78 is 7.04. The van der Waals surface area contributed by atoms with Gasteiger partial charge in [0.25, 0.3) is 0 Å². The minimum absolute atomic E-state index is 0.0175. The minimum Gasteiger partial charge on any atom is -0.497 e. The average Bonchev–Trinajstić information content (AvgIpc) is 2.39. The highest BCUT2D eigenvalue weighted by Gasteiger charge is 2.07. The number of hydrogen-bond acceptors (Lipinski definition) is 3. The SMILES string of the molecule is COc1ccc2c(=O)c3cc(Cl)ccc3sc2c1. The minimum atomic E-state index is 0.0175. The molecule has 3 aromatic rings. The molecule has 0 fully saturated rings. The smallest absolute Gasteiger partial charge is 0.195 e. The predicted octanol–water partition coefficient (Wildman–Crippen LogP) is 4.08. The molecule has 0 radical (unpaired) electrons. The van der Waals surface area contributed by atoms with Gasteiger partial charge in [-0.15, -0.1) is 11.3 Å². The van der Waals surface area contributed by atoms with Gasteiger partial charge in [-0.1, -0.05) is 11.6 Å². The largest absolute Gasteiger partial charge is 0.497 e. The van der Waals surface area contributed by atoms with Crippen LogP contribution in [-0.4, -0.2) is 7.11 Å². The second-order valence-electron chi connectivity index (χ2n) is 3.93. The molecule has 0 aliphatic carbocycles. The van der Waals surface area contributed by atoms with Crippen molar-refractivity contribution in [2.75, 3.05) is 7.11 Å². The lowest BCUT2D eigenvalue weighted by Gasteiger charge is -2.03. The lowest BCUT2D eigenvalue weighted by atomic mass is 10.2. The maximum Gasteiger partial charge on any atom is 0.195 e. The first-order chi connectivity index (χ1) is 8.69. The van der Waals surface area contributed by atoms with Crippen LogP contribution in [0.15, 0.2) is 41.2 Å². The fraction of sp³-hybridized carbons (Fsp3) is 0.0714. The van der Waals surface area contributed by atoms with E-state index in [1.165, 1.54) is 0 Å². The van der Waals surface area contributed by atoms with E-state index in [1.54, 1.807) is 42.7 Å². The molecule has 0 bridgehead atoms. The topological polar surface area (TPSA) is 26.3 Å². The summed E-state index contributed by atoms with van der Waals surface area (Å²) in [5, 5.41) is 1.96. The molecule has 0 aliphatic rings. The molecule has 0 aliphatic heterocycles. The Morgan fingerprint density at radius 3 is 2.67 bits per heavy atom. The van der Waals surface area contributed by atoms with Gasteiger partial charge in [-0.2, -0.15) is 0 Å². The summed E-state index contributed by atoms with van der Waals surface area (Å²) in [6.45, 7) is 0. The zero-order chi connectivity index (χ0) is 12.7. The molecule has 4 heteroatoms. The molecule has 2 nitrogen and oxygen atoms in total. The van der Waals surface area contributed by atoms with Crippen LogP contribution in [0.3, 0.4) is 0 Å². The summed E-state index contributed by atoms with van der Waals surface area (Å²) in [5.74, 6) is 0.756. The first kappa shape index (κ1) is 11.5. The average molecular weight is 277 g/mol. The van der Waals surface area contributed by atoms with Gasteiger partial charge in [-0.05, 0) is 36.4 Å². The van der Waals surface area contributed by atoms with Crippen molar-refractivity contribution in [2.45, 2.75) is 0 Å². The number of hydrogen-bond donors (Lipinski definition) is 0. The Morgan fingerprint density at radius 2 is 1.89 bits per heavy atom. The van der Waals surface area contributed by atoms with Gasteiger partial charge in [-0.3, -0.25) is 4.79 Å². The van der Waals surface area contributed by atoms with Crippen molar-refractivity contribution in [3.8, 4) is 5.75 Å². The molecule has 0 atom stereocenters. The van der Waals surface area contributed by atoms with Crippen molar-refractivity contribution in [2.24, 2.45) is 0 Å². The Labute approximate surface area is 112 Å². The molecule has 0 unspecified atom stereocenters. The van der Waals surface area contributed by atoms with Crippen LogP contribution >= 0.6 is 22.9 Å². The van der Waals surface area contributed by atoms with Crippen molar-refractivity contribution in [1.82, 2.24) is 0 Å². The highest BCUT2D eigenvalue weighted by atomic mass is 35.5. The summed E-state index contributed by atoms with van der Waals surface area (Å²) in [4.78, 5) is 12.3. The number of fused-ring (bicyclic) bond motifs is 2. The third-order valence-electron chi connectivity index (χ3n) is 2.84. The van der Waals surface area contributed by atoms with Crippen LogP contribution in [0, 0.1) is 0 Å². The number of halogens is 1. The monoisotopic (exact) mass is 276 g/mol. The van der Waals surface area contributed by atoms with Crippen molar-refractivity contribution in [3.63, 3.8) is 0 Å². The van der Waals surface area contributed by atoms with Crippen LogP contribution < -0.4 is 10.2 Å².